The summed E-state index contributed by atoms with van der Waals surface area (Å²) >= 11 is 5.76. The maximum absolute atomic E-state index is 5.76. The summed E-state index contributed by atoms with van der Waals surface area (Å²) in [6.45, 7) is 4.31. The highest BCUT2D eigenvalue weighted by molar-refractivity contribution is 7.71. The first kappa shape index (κ1) is 18.9. The summed E-state index contributed by atoms with van der Waals surface area (Å²) in [5, 5.41) is 4.74. The van der Waals surface area contributed by atoms with E-state index in [1.54, 1.807) is 7.11 Å². The van der Waals surface area contributed by atoms with Crippen molar-refractivity contribution in [3.8, 4) is 5.75 Å². The fourth-order valence-electron chi connectivity index (χ4n) is 3.55. The molecule has 0 atom stereocenters. The van der Waals surface area contributed by atoms with E-state index in [1.165, 1.54) is 24.0 Å². The van der Waals surface area contributed by atoms with Crippen molar-refractivity contribution in [1.29, 1.82) is 0 Å². The molecule has 6 heteroatoms. The smallest absolute Gasteiger partial charge is 0.199 e. The Balaban J connectivity index is 1.55. The van der Waals surface area contributed by atoms with Gasteiger partial charge in [-0.1, -0.05) is 48.5 Å². The van der Waals surface area contributed by atoms with Crippen molar-refractivity contribution in [2.24, 2.45) is 0 Å². The second-order valence-electron chi connectivity index (χ2n) is 7.33. The van der Waals surface area contributed by atoms with Gasteiger partial charge in [0, 0.05) is 18.2 Å². The number of hydrogen-bond donors (Lipinski definition) is 0. The minimum atomic E-state index is 0.589. The third-order valence-electron chi connectivity index (χ3n) is 5.24. The molecule has 2 aromatic carbocycles. The molecule has 1 aliphatic carbocycles. The van der Waals surface area contributed by atoms with E-state index >= 15 is 0 Å². The zero-order valence-electron chi connectivity index (χ0n) is 16.4. The predicted molar refractivity (Wildman–Crippen MR) is 113 cm³/mol. The van der Waals surface area contributed by atoms with Crippen LogP contribution in [0.25, 0.3) is 0 Å². The Kier molecular flexibility index (Phi) is 5.59. The van der Waals surface area contributed by atoms with Crippen LogP contribution in [0.3, 0.4) is 0 Å². The van der Waals surface area contributed by atoms with Gasteiger partial charge in [0.2, 0.25) is 0 Å². The minimum absolute atomic E-state index is 0.589. The molecule has 1 aliphatic rings. The average molecular weight is 395 g/mol. The molecule has 0 N–H and O–H groups in total. The number of aryl methyl sites for hydroxylation is 1. The van der Waals surface area contributed by atoms with Crippen LogP contribution in [0, 0.1) is 11.7 Å². The highest BCUT2D eigenvalue weighted by Crippen LogP contribution is 2.30. The van der Waals surface area contributed by atoms with Gasteiger partial charge in [0.05, 0.1) is 20.3 Å². The zero-order valence-corrected chi connectivity index (χ0v) is 17.2. The molecule has 5 nitrogen and oxygen atoms in total. The van der Waals surface area contributed by atoms with E-state index in [1.807, 2.05) is 29.8 Å². The van der Waals surface area contributed by atoms with E-state index in [0.29, 0.717) is 12.7 Å². The molecule has 1 aromatic heterocycles. The van der Waals surface area contributed by atoms with Crippen LogP contribution < -0.4 is 4.74 Å². The van der Waals surface area contributed by atoms with Crippen LogP contribution in [0.1, 0.15) is 29.8 Å². The second-order valence-corrected chi connectivity index (χ2v) is 7.70. The highest BCUT2D eigenvalue weighted by atomic mass is 32.1. The standard InChI is InChI=1S/C22H26N4OS/c1-17-23-26(22(28)25(17)14-18-8-4-3-5-9-18)16-24(20-12-13-20)15-19-10-6-7-11-21(19)27-2/h3-11,20H,12-16H2,1-2H3. The summed E-state index contributed by atoms with van der Waals surface area (Å²) in [5.74, 6) is 1.88. The van der Waals surface area contributed by atoms with Crippen molar-refractivity contribution in [3.63, 3.8) is 0 Å². The molecule has 146 valence electrons. The van der Waals surface area contributed by atoms with Gasteiger partial charge in [-0.25, -0.2) is 4.68 Å². The molecule has 4 rings (SSSR count). The van der Waals surface area contributed by atoms with Gasteiger partial charge in [0.1, 0.15) is 11.6 Å². The third-order valence-corrected chi connectivity index (χ3v) is 5.67. The first-order valence-corrected chi connectivity index (χ1v) is 10.1. The molecular formula is C22H26N4OS. The first-order valence-electron chi connectivity index (χ1n) is 9.70. The van der Waals surface area contributed by atoms with Crippen LogP contribution in [-0.4, -0.2) is 32.4 Å². The summed E-state index contributed by atoms with van der Waals surface area (Å²) in [5.41, 5.74) is 2.43. The molecule has 0 radical (unpaired) electrons. The number of hydrogen-bond acceptors (Lipinski definition) is 4. The summed E-state index contributed by atoms with van der Waals surface area (Å²) in [4.78, 5) is 2.45. The summed E-state index contributed by atoms with van der Waals surface area (Å²) in [7, 11) is 1.73. The van der Waals surface area contributed by atoms with Crippen molar-refractivity contribution >= 4 is 12.2 Å². The average Bonchev–Trinajstić information content (AvgIpc) is 3.53. The number of rotatable bonds is 8. The van der Waals surface area contributed by atoms with Gasteiger partial charge in [-0.3, -0.25) is 9.47 Å². The van der Waals surface area contributed by atoms with E-state index in [-0.39, 0.29) is 0 Å². The van der Waals surface area contributed by atoms with E-state index in [2.05, 4.69) is 45.9 Å². The monoisotopic (exact) mass is 394 g/mol. The molecule has 3 aromatic rings. The normalized spacial score (nSPS) is 13.8. The molecule has 1 saturated carbocycles. The number of aromatic nitrogens is 3. The molecule has 0 aliphatic heterocycles. The van der Waals surface area contributed by atoms with E-state index < -0.39 is 0 Å². The molecule has 28 heavy (non-hydrogen) atoms. The number of ether oxygens (including phenoxy) is 1. The number of nitrogens with zero attached hydrogens (tertiary/aromatic N) is 4. The van der Waals surface area contributed by atoms with Gasteiger partial charge in [-0.15, -0.1) is 0 Å². The molecule has 0 bridgehead atoms. The molecular weight excluding hydrogens is 368 g/mol. The lowest BCUT2D eigenvalue weighted by Gasteiger charge is -2.22. The third kappa shape index (κ3) is 4.18. The summed E-state index contributed by atoms with van der Waals surface area (Å²) in [6, 6.07) is 19.2. The molecule has 0 unspecified atom stereocenters. The van der Waals surface area contributed by atoms with Crippen molar-refractivity contribution in [1.82, 2.24) is 19.2 Å². The van der Waals surface area contributed by atoms with E-state index in [0.717, 1.165) is 29.4 Å². The Hall–Kier alpha value is -2.44. The van der Waals surface area contributed by atoms with Crippen LogP contribution in [0.5, 0.6) is 5.75 Å². The summed E-state index contributed by atoms with van der Waals surface area (Å²) in [6.07, 6.45) is 2.46. The van der Waals surface area contributed by atoms with Crippen molar-refractivity contribution in [2.45, 2.75) is 45.6 Å². The Morgan fingerprint density at radius 2 is 1.82 bits per heavy atom. The van der Waals surface area contributed by atoms with Gasteiger partial charge in [-0.2, -0.15) is 5.10 Å². The van der Waals surface area contributed by atoms with Gasteiger partial charge < -0.3 is 4.74 Å². The second kappa shape index (κ2) is 8.29. The fraction of sp³-hybridized carbons (Fsp3) is 0.364. The lowest BCUT2D eigenvalue weighted by atomic mass is 10.2. The Morgan fingerprint density at radius 1 is 1.11 bits per heavy atom. The largest absolute Gasteiger partial charge is 0.496 e. The number of methoxy groups -OCH3 is 1. The van der Waals surface area contributed by atoms with Gasteiger partial charge >= 0.3 is 0 Å². The van der Waals surface area contributed by atoms with Gasteiger partial charge in [-0.05, 0) is 43.6 Å². The lowest BCUT2D eigenvalue weighted by molar-refractivity contribution is 0.184. The lowest BCUT2D eigenvalue weighted by Crippen LogP contribution is -2.29. The maximum Gasteiger partial charge on any atom is 0.199 e. The minimum Gasteiger partial charge on any atom is -0.496 e. The Labute approximate surface area is 171 Å². The molecule has 0 saturated heterocycles. The SMILES string of the molecule is COc1ccccc1CN(Cn1nc(C)n(Cc2ccccc2)c1=S)C1CC1. The van der Waals surface area contributed by atoms with Gasteiger partial charge in [0.25, 0.3) is 0 Å². The molecule has 0 spiro atoms. The van der Waals surface area contributed by atoms with E-state index in [4.69, 9.17) is 22.1 Å². The van der Waals surface area contributed by atoms with Crippen molar-refractivity contribution in [2.75, 3.05) is 7.11 Å². The summed E-state index contributed by atoms with van der Waals surface area (Å²) < 4.78 is 10.4. The van der Waals surface area contributed by atoms with Crippen LogP contribution in [0.4, 0.5) is 0 Å². The van der Waals surface area contributed by atoms with Crippen LogP contribution in [0.2, 0.25) is 0 Å². The Bertz CT molecular complexity index is 991. The quantitative estimate of drug-likeness (QED) is 0.531. The predicted octanol–water partition coefficient (Wildman–Crippen LogP) is 4.40. The maximum atomic E-state index is 5.76. The number of para-hydroxylation sites is 1. The first-order chi connectivity index (χ1) is 13.7. The van der Waals surface area contributed by atoms with Gasteiger partial charge in [0.15, 0.2) is 4.77 Å². The molecule has 1 fully saturated rings. The van der Waals surface area contributed by atoms with Crippen LogP contribution in [-0.2, 0) is 19.8 Å². The van der Waals surface area contributed by atoms with Crippen LogP contribution >= 0.6 is 12.2 Å². The number of benzene rings is 2. The van der Waals surface area contributed by atoms with Crippen LogP contribution in [0.15, 0.2) is 54.6 Å². The van der Waals surface area contributed by atoms with E-state index in [9.17, 15) is 0 Å². The topological polar surface area (TPSA) is 35.2 Å². The highest BCUT2D eigenvalue weighted by Gasteiger charge is 2.30. The Morgan fingerprint density at radius 3 is 2.54 bits per heavy atom. The van der Waals surface area contributed by atoms with Crippen molar-refractivity contribution in [3.05, 3.63) is 76.3 Å². The molecule has 0 amide bonds. The zero-order chi connectivity index (χ0) is 19.5. The fourth-order valence-corrected chi connectivity index (χ4v) is 3.84. The van der Waals surface area contributed by atoms with Crippen molar-refractivity contribution < 1.29 is 4.74 Å². The molecule has 1 heterocycles.